The van der Waals surface area contributed by atoms with Crippen LogP contribution in [0.2, 0.25) is 0 Å². The highest BCUT2D eigenvalue weighted by Gasteiger charge is 2.15. The van der Waals surface area contributed by atoms with E-state index >= 15 is 0 Å². The van der Waals surface area contributed by atoms with E-state index in [1.807, 2.05) is 29.0 Å². The van der Waals surface area contributed by atoms with Crippen LogP contribution in [0.3, 0.4) is 0 Å². The van der Waals surface area contributed by atoms with Gasteiger partial charge in [-0.3, -0.25) is 9.89 Å². The fourth-order valence-corrected chi connectivity index (χ4v) is 3.36. The standard InChI is InChI=1S/C13H9N3O2S2/c17-9(6-10(18)13-14-7-15-16-13)12-8(3-5-20-12)11-2-1-4-19-11/h1-7,18H,(H,14,15,16). The Labute approximate surface area is 122 Å². The van der Waals surface area contributed by atoms with Gasteiger partial charge in [-0.2, -0.15) is 5.10 Å². The highest BCUT2D eigenvalue weighted by molar-refractivity contribution is 7.15. The lowest BCUT2D eigenvalue weighted by Gasteiger charge is -1.98. The summed E-state index contributed by atoms with van der Waals surface area (Å²) < 4.78 is 0. The topological polar surface area (TPSA) is 78.9 Å². The Morgan fingerprint density at radius 3 is 2.90 bits per heavy atom. The van der Waals surface area contributed by atoms with E-state index < -0.39 is 0 Å². The van der Waals surface area contributed by atoms with Gasteiger partial charge in [0.05, 0.1) is 4.88 Å². The normalized spacial score (nSPS) is 11.7. The fraction of sp³-hybridized carbons (Fsp3) is 0. The van der Waals surface area contributed by atoms with Crippen molar-refractivity contribution in [2.75, 3.05) is 0 Å². The first kappa shape index (κ1) is 12.8. The van der Waals surface area contributed by atoms with Gasteiger partial charge in [0.1, 0.15) is 6.33 Å². The molecule has 0 aliphatic carbocycles. The molecule has 3 heterocycles. The molecule has 0 radical (unpaired) electrons. The Balaban J connectivity index is 1.93. The number of aliphatic hydroxyl groups is 1. The number of H-pyrrole nitrogens is 1. The molecule has 7 heteroatoms. The molecule has 0 bridgehead atoms. The number of carbonyl (C=O) groups is 1. The van der Waals surface area contributed by atoms with Crippen LogP contribution in [-0.4, -0.2) is 26.1 Å². The first-order chi connectivity index (χ1) is 9.75. The largest absolute Gasteiger partial charge is 0.504 e. The molecule has 100 valence electrons. The number of nitrogens with one attached hydrogen (secondary N) is 1. The molecule has 5 nitrogen and oxygen atoms in total. The number of thiophene rings is 2. The monoisotopic (exact) mass is 303 g/mol. The number of aromatic nitrogens is 3. The number of aliphatic hydroxyl groups excluding tert-OH is 1. The molecule has 0 aliphatic heterocycles. The molecule has 0 spiro atoms. The minimum atomic E-state index is -0.252. The minimum Gasteiger partial charge on any atom is -0.504 e. The first-order valence-corrected chi connectivity index (χ1v) is 7.44. The summed E-state index contributed by atoms with van der Waals surface area (Å²) in [7, 11) is 0. The third-order valence-electron chi connectivity index (χ3n) is 2.60. The Hall–Kier alpha value is -2.25. The van der Waals surface area contributed by atoms with Crippen molar-refractivity contribution < 1.29 is 9.90 Å². The lowest BCUT2D eigenvalue weighted by atomic mass is 10.1. The maximum Gasteiger partial charge on any atom is 0.200 e. The summed E-state index contributed by atoms with van der Waals surface area (Å²) in [6, 6.07) is 5.81. The predicted molar refractivity (Wildman–Crippen MR) is 79.0 cm³/mol. The molecular weight excluding hydrogens is 294 g/mol. The molecule has 0 saturated heterocycles. The summed E-state index contributed by atoms with van der Waals surface area (Å²) in [5.41, 5.74) is 0.886. The Morgan fingerprint density at radius 1 is 1.30 bits per heavy atom. The molecule has 0 aromatic carbocycles. The second kappa shape index (κ2) is 5.40. The Kier molecular flexibility index (Phi) is 3.44. The van der Waals surface area contributed by atoms with E-state index in [4.69, 9.17) is 0 Å². The average Bonchev–Trinajstić information content (AvgIpc) is 3.19. The van der Waals surface area contributed by atoms with Crippen LogP contribution in [0.15, 0.2) is 41.4 Å². The van der Waals surface area contributed by atoms with Crippen molar-refractivity contribution in [1.29, 1.82) is 0 Å². The second-order valence-corrected chi connectivity index (χ2v) is 5.73. The van der Waals surface area contributed by atoms with Crippen molar-refractivity contribution in [2.24, 2.45) is 0 Å². The fourth-order valence-electron chi connectivity index (χ4n) is 1.71. The number of carbonyl (C=O) groups excluding carboxylic acids is 1. The van der Waals surface area contributed by atoms with Crippen LogP contribution in [-0.2, 0) is 0 Å². The number of hydrogen-bond donors (Lipinski definition) is 2. The van der Waals surface area contributed by atoms with Gasteiger partial charge in [0.25, 0.3) is 0 Å². The quantitative estimate of drug-likeness (QED) is 0.440. The van der Waals surface area contributed by atoms with Crippen LogP contribution >= 0.6 is 22.7 Å². The van der Waals surface area contributed by atoms with Crippen molar-refractivity contribution in [1.82, 2.24) is 15.2 Å². The zero-order chi connectivity index (χ0) is 13.9. The first-order valence-electron chi connectivity index (χ1n) is 5.68. The summed E-state index contributed by atoms with van der Waals surface area (Å²) in [6.45, 7) is 0. The zero-order valence-electron chi connectivity index (χ0n) is 10.1. The number of ketones is 1. The van der Waals surface area contributed by atoms with Crippen molar-refractivity contribution in [3.8, 4) is 10.4 Å². The number of hydrogen-bond acceptors (Lipinski definition) is 6. The highest BCUT2D eigenvalue weighted by atomic mass is 32.1. The zero-order valence-corrected chi connectivity index (χ0v) is 11.7. The van der Waals surface area contributed by atoms with E-state index in [2.05, 4.69) is 15.2 Å². The summed E-state index contributed by atoms with van der Waals surface area (Å²) in [5, 5.41) is 19.8. The average molecular weight is 303 g/mol. The van der Waals surface area contributed by atoms with Crippen molar-refractivity contribution in [3.05, 3.63) is 52.1 Å². The molecule has 3 aromatic rings. The molecule has 0 unspecified atom stereocenters. The van der Waals surface area contributed by atoms with E-state index in [1.54, 1.807) is 11.3 Å². The highest BCUT2D eigenvalue weighted by Crippen LogP contribution is 2.32. The van der Waals surface area contributed by atoms with Crippen LogP contribution in [0.4, 0.5) is 0 Å². The number of allylic oxidation sites excluding steroid dienone is 1. The third-order valence-corrected chi connectivity index (χ3v) is 4.43. The lowest BCUT2D eigenvalue weighted by Crippen LogP contribution is -1.96. The maximum atomic E-state index is 12.2. The van der Waals surface area contributed by atoms with E-state index in [0.717, 1.165) is 16.5 Å². The summed E-state index contributed by atoms with van der Waals surface area (Å²) in [6.07, 6.45) is 2.43. The van der Waals surface area contributed by atoms with Gasteiger partial charge in [0, 0.05) is 16.5 Å². The Bertz CT molecular complexity index is 743. The van der Waals surface area contributed by atoms with Gasteiger partial charge in [-0.25, -0.2) is 4.98 Å². The van der Waals surface area contributed by atoms with Crippen LogP contribution < -0.4 is 0 Å². The van der Waals surface area contributed by atoms with Gasteiger partial charge in [-0.1, -0.05) is 6.07 Å². The molecule has 0 atom stereocenters. The van der Waals surface area contributed by atoms with Gasteiger partial charge in [0.2, 0.25) is 0 Å². The molecule has 3 rings (SSSR count). The molecule has 20 heavy (non-hydrogen) atoms. The Morgan fingerprint density at radius 2 is 2.20 bits per heavy atom. The van der Waals surface area contributed by atoms with Crippen molar-refractivity contribution >= 4 is 34.2 Å². The van der Waals surface area contributed by atoms with Gasteiger partial charge in [0.15, 0.2) is 17.4 Å². The summed E-state index contributed by atoms with van der Waals surface area (Å²) >= 11 is 2.92. The van der Waals surface area contributed by atoms with E-state index in [-0.39, 0.29) is 17.4 Å². The van der Waals surface area contributed by atoms with Gasteiger partial charge in [-0.05, 0) is 22.9 Å². The van der Waals surface area contributed by atoms with E-state index in [9.17, 15) is 9.90 Å². The molecule has 3 aromatic heterocycles. The second-order valence-electron chi connectivity index (χ2n) is 3.87. The van der Waals surface area contributed by atoms with Crippen LogP contribution in [0.1, 0.15) is 15.5 Å². The predicted octanol–water partition coefficient (Wildman–Crippen LogP) is 3.38. The summed E-state index contributed by atoms with van der Waals surface area (Å²) in [4.78, 5) is 17.7. The minimum absolute atomic E-state index is 0.174. The van der Waals surface area contributed by atoms with Crippen LogP contribution in [0.25, 0.3) is 16.2 Å². The van der Waals surface area contributed by atoms with E-state index in [0.29, 0.717) is 4.88 Å². The molecule has 0 amide bonds. The number of rotatable bonds is 4. The van der Waals surface area contributed by atoms with Crippen molar-refractivity contribution in [2.45, 2.75) is 0 Å². The van der Waals surface area contributed by atoms with Gasteiger partial charge >= 0.3 is 0 Å². The van der Waals surface area contributed by atoms with E-state index in [1.165, 1.54) is 17.7 Å². The summed E-state index contributed by atoms with van der Waals surface area (Å²) in [5.74, 6) is -0.303. The lowest BCUT2D eigenvalue weighted by molar-refractivity contribution is 0.105. The van der Waals surface area contributed by atoms with Crippen LogP contribution in [0.5, 0.6) is 0 Å². The molecule has 0 fully saturated rings. The molecule has 0 saturated carbocycles. The smallest absolute Gasteiger partial charge is 0.200 e. The number of aromatic amines is 1. The third kappa shape index (κ3) is 2.40. The molecule has 0 aliphatic rings. The maximum absolute atomic E-state index is 12.2. The SMILES string of the molecule is O=C(C=C(O)c1ncn[nH]1)c1sccc1-c1cccs1. The van der Waals surface area contributed by atoms with Crippen LogP contribution in [0, 0.1) is 0 Å². The molecule has 2 N–H and O–H groups in total. The molecular formula is C13H9N3O2S2. The van der Waals surface area contributed by atoms with Crippen molar-refractivity contribution in [3.63, 3.8) is 0 Å². The van der Waals surface area contributed by atoms with Gasteiger partial charge < -0.3 is 5.11 Å². The van der Waals surface area contributed by atoms with Gasteiger partial charge in [-0.15, -0.1) is 22.7 Å². The number of nitrogens with zero attached hydrogens (tertiary/aromatic N) is 2.